The first-order valence-electron chi connectivity index (χ1n) is 5.29. The van der Waals surface area contributed by atoms with Gasteiger partial charge in [-0.2, -0.15) is 0 Å². The molecule has 0 aliphatic heterocycles. The summed E-state index contributed by atoms with van der Waals surface area (Å²) >= 11 is 0. The minimum atomic E-state index is 0.267. The van der Waals surface area contributed by atoms with Crippen LogP contribution in [0.5, 0.6) is 0 Å². The van der Waals surface area contributed by atoms with Crippen molar-refractivity contribution in [2.24, 2.45) is 5.41 Å². The lowest BCUT2D eigenvalue weighted by Crippen LogP contribution is -2.41. The summed E-state index contributed by atoms with van der Waals surface area (Å²) in [6.45, 7) is 9.90. The molecule has 0 bridgehead atoms. The van der Waals surface area contributed by atoms with Crippen LogP contribution in [0.25, 0.3) is 0 Å². The van der Waals surface area contributed by atoms with Gasteiger partial charge in [-0.05, 0) is 24.1 Å². The summed E-state index contributed by atoms with van der Waals surface area (Å²) in [4.78, 5) is 0. The van der Waals surface area contributed by atoms with Crippen LogP contribution in [0.2, 0.25) is 0 Å². The number of likely N-dealkylation sites (N-methyl/N-ethyl adjacent to an activating group) is 1. The molecule has 0 spiro atoms. The lowest BCUT2D eigenvalue weighted by molar-refractivity contribution is 0.258. The number of hydrogen-bond donors (Lipinski definition) is 1. The fourth-order valence-corrected chi connectivity index (χ4v) is 1.56. The van der Waals surface area contributed by atoms with Crippen molar-refractivity contribution in [2.75, 3.05) is 6.54 Å². The lowest BCUT2D eigenvalue weighted by atomic mass is 9.84. The second-order valence-electron chi connectivity index (χ2n) is 4.76. The van der Waals surface area contributed by atoms with E-state index in [1.54, 1.807) is 6.26 Å². The molecule has 0 saturated heterocycles. The van der Waals surface area contributed by atoms with Crippen molar-refractivity contribution in [3.05, 3.63) is 24.2 Å². The van der Waals surface area contributed by atoms with Crippen molar-refractivity contribution in [3.63, 3.8) is 0 Å². The van der Waals surface area contributed by atoms with Crippen LogP contribution in [0.4, 0.5) is 0 Å². The molecule has 0 radical (unpaired) electrons. The second-order valence-corrected chi connectivity index (χ2v) is 4.76. The van der Waals surface area contributed by atoms with Gasteiger partial charge in [0.1, 0.15) is 5.76 Å². The molecule has 0 aromatic carbocycles. The smallest absolute Gasteiger partial charge is 0.105 e. The van der Waals surface area contributed by atoms with Crippen LogP contribution in [-0.4, -0.2) is 12.6 Å². The highest BCUT2D eigenvalue weighted by atomic mass is 16.3. The Kier molecular flexibility index (Phi) is 3.76. The van der Waals surface area contributed by atoms with Crippen molar-refractivity contribution in [1.82, 2.24) is 5.32 Å². The van der Waals surface area contributed by atoms with Crippen LogP contribution in [0, 0.1) is 5.41 Å². The average Bonchev–Trinajstić information content (AvgIpc) is 2.54. The molecule has 1 aromatic rings. The van der Waals surface area contributed by atoms with Crippen molar-refractivity contribution >= 4 is 0 Å². The average molecular weight is 195 g/mol. The third-order valence-corrected chi connectivity index (χ3v) is 2.48. The van der Waals surface area contributed by atoms with Gasteiger partial charge in [-0.15, -0.1) is 0 Å². The fraction of sp³-hybridized carbons (Fsp3) is 0.667. The topological polar surface area (TPSA) is 25.2 Å². The maximum Gasteiger partial charge on any atom is 0.105 e. The standard InChI is InChI=1S/C12H21NO/c1-5-13-11(12(2,3)4)9-10-7-6-8-14-10/h6-8,11,13H,5,9H2,1-4H3. The molecule has 1 heterocycles. The minimum absolute atomic E-state index is 0.267. The maximum atomic E-state index is 5.37. The predicted octanol–water partition coefficient (Wildman–Crippen LogP) is 2.85. The minimum Gasteiger partial charge on any atom is -0.469 e. The van der Waals surface area contributed by atoms with Crippen LogP contribution < -0.4 is 5.32 Å². The fourth-order valence-electron chi connectivity index (χ4n) is 1.56. The van der Waals surface area contributed by atoms with Crippen molar-refractivity contribution in [3.8, 4) is 0 Å². The molecule has 1 aromatic heterocycles. The molecule has 0 aliphatic rings. The third kappa shape index (κ3) is 3.18. The maximum absolute atomic E-state index is 5.37. The highest BCUT2D eigenvalue weighted by Crippen LogP contribution is 2.22. The Labute approximate surface area is 86.7 Å². The lowest BCUT2D eigenvalue weighted by Gasteiger charge is -2.30. The van der Waals surface area contributed by atoms with Gasteiger partial charge in [-0.3, -0.25) is 0 Å². The SMILES string of the molecule is CCNC(Cc1ccco1)C(C)(C)C. The second kappa shape index (κ2) is 4.65. The quantitative estimate of drug-likeness (QED) is 0.799. The first-order chi connectivity index (χ1) is 6.54. The molecule has 1 rings (SSSR count). The summed E-state index contributed by atoms with van der Waals surface area (Å²) < 4.78 is 5.37. The van der Waals surface area contributed by atoms with Gasteiger partial charge >= 0.3 is 0 Å². The molecule has 0 saturated carbocycles. The Morgan fingerprint density at radius 2 is 2.14 bits per heavy atom. The van der Waals surface area contributed by atoms with Gasteiger partial charge in [-0.25, -0.2) is 0 Å². The van der Waals surface area contributed by atoms with E-state index in [0.29, 0.717) is 6.04 Å². The van der Waals surface area contributed by atoms with E-state index < -0.39 is 0 Å². The Bertz CT molecular complexity index is 246. The monoisotopic (exact) mass is 195 g/mol. The van der Waals surface area contributed by atoms with E-state index in [0.717, 1.165) is 18.7 Å². The molecule has 1 unspecified atom stereocenters. The Morgan fingerprint density at radius 1 is 1.43 bits per heavy atom. The zero-order valence-electron chi connectivity index (χ0n) is 9.63. The van der Waals surface area contributed by atoms with E-state index in [4.69, 9.17) is 4.42 Å². The number of rotatable bonds is 4. The molecule has 2 heteroatoms. The summed E-state index contributed by atoms with van der Waals surface area (Å²) in [5, 5.41) is 3.50. The van der Waals surface area contributed by atoms with Crippen LogP contribution in [-0.2, 0) is 6.42 Å². The van der Waals surface area contributed by atoms with E-state index in [-0.39, 0.29) is 5.41 Å². The van der Waals surface area contributed by atoms with Gasteiger partial charge in [0.05, 0.1) is 6.26 Å². The normalized spacial score (nSPS) is 14.3. The highest BCUT2D eigenvalue weighted by Gasteiger charge is 2.24. The number of furan rings is 1. The predicted molar refractivity (Wildman–Crippen MR) is 59.3 cm³/mol. The van der Waals surface area contributed by atoms with Crippen LogP contribution >= 0.6 is 0 Å². The molecule has 0 fully saturated rings. The van der Waals surface area contributed by atoms with Crippen LogP contribution in [0.3, 0.4) is 0 Å². The molecule has 1 atom stereocenters. The summed E-state index contributed by atoms with van der Waals surface area (Å²) in [5.41, 5.74) is 0.267. The molecule has 1 N–H and O–H groups in total. The van der Waals surface area contributed by atoms with E-state index in [9.17, 15) is 0 Å². The molecule has 2 nitrogen and oxygen atoms in total. The van der Waals surface area contributed by atoms with Gasteiger partial charge in [0.2, 0.25) is 0 Å². The summed E-state index contributed by atoms with van der Waals surface area (Å²) in [7, 11) is 0. The van der Waals surface area contributed by atoms with Crippen LogP contribution in [0.15, 0.2) is 22.8 Å². The van der Waals surface area contributed by atoms with Crippen molar-refractivity contribution < 1.29 is 4.42 Å². The van der Waals surface area contributed by atoms with Gasteiger partial charge < -0.3 is 9.73 Å². The number of hydrogen-bond acceptors (Lipinski definition) is 2. The third-order valence-electron chi connectivity index (χ3n) is 2.48. The molecule has 14 heavy (non-hydrogen) atoms. The van der Waals surface area contributed by atoms with Gasteiger partial charge in [0.15, 0.2) is 0 Å². The first-order valence-corrected chi connectivity index (χ1v) is 5.29. The Morgan fingerprint density at radius 3 is 2.57 bits per heavy atom. The first kappa shape index (κ1) is 11.3. The summed E-state index contributed by atoms with van der Waals surface area (Å²) in [6, 6.07) is 4.45. The van der Waals surface area contributed by atoms with Gasteiger partial charge in [-0.1, -0.05) is 27.7 Å². The van der Waals surface area contributed by atoms with E-state index in [1.807, 2.05) is 12.1 Å². The zero-order chi connectivity index (χ0) is 10.6. The zero-order valence-corrected chi connectivity index (χ0v) is 9.63. The Hall–Kier alpha value is -0.760. The number of nitrogens with one attached hydrogen (secondary N) is 1. The summed E-state index contributed by atoms with van der Waals surface area (Å²) in [6.07, 6.45) is 2.70. The summed E-state index contributed by atoms with van der Waals surface area (Å²) in [5.74, 6) is 1.06. The van der Waals surface area contributed by atoms with Gasteiger partial charge in [0, 0.05) is 12.5 Å². The van der Waals surface area contributed by atoms with E-state index in [1.165, 1.54) is 0 Å². The van der Waals surface area contributed by atoms with E-state index in [2.05, 4.69) is 33.0 Å². The molecule has 80 valence electrons. The molecule has 0 amide bonds. The highest BCUT2D eigenvalue weighted by molar-refractivity contribution is 5.02. The molecular weight excluding hydrogens is 174 g/mol. The van der Waals surface area contributed by atoms with Gasteiger partial charge in [0.25, 0.3) is 0 Å². The van der Waals surface area contributed by atoms with E-state index >= 15 is 0 Å². The molecular formula is C12H21NO. The van der Waals surface area contributed by atoms with Crippen molar-refractivity contribution in [1.29, 1.82) is 0 Å². The van der Waals surface area contributed by atoms with Crippen molar-refractivity contribution in [2.45, 2.75) is 40.2 Å². The van der Waals surface area contributed by atoms with Crippen LogP contribution in [0.1, 0.15) is 33.5 Å². The largest absolute Gasteiger partial charge is 0.469 e. The Balaban J connectivity index is 2.60. The molecule has 0 aliphatic carbocycles.